The van der Waals surface area contributed by atoms with E-state index in [4.69, 9.17) is 0 Å². The lowest BCUT2D eigenvalue weighted by Gasteiger charge is -2.01. The SMILES string of the molecule is Cl.O=C1Cc2ccc(C(=O)c3ccn[nH]3)cc2S1. The smallest absolute Gasteiger partial charge is 0.210 e. The van der Waals surface area contributed by atoms with Crippen LogP contribution in [0, 0.1) is 0 Å². The summed E-state index contributed by atoms with van der Waals surface area (Å²) >= 11 is 1.20. The number of thioether (sulfide) groups is 1. The van der Waals surface area contributed by atoms with E-state index < -0.39 is 0 Å². The first kappa shape index (κ1) is 12.9. The monoisotopic (exact) mass is 280 g/mol. The second kappa shape index (κ2) is 4.96. The fourth-order valence-electron chi connectivity index (χ4n) is 1.79. The molecule has 0 aliphatic carbocycles. The topological polar surface area (TPSA) is 62.8 Å². The number of fused-ring (bicyclic) bond motifs is 1. The summed E-state index contributed by atoms with van der Waals surface area (Å²) in [4.78, 5) is 24.2. The maximum Gasteiger partial charge on any atom is 0.210 e. The second-order valence-electron chi connectivity index (χ2n) is 3.77. The number of hydrogen-bond donors (Lipinski definition) is 1. The van der Waals surface area contributed by atoms with Crippen molar-refractivity contribution in [2.24, 2.45) is 0 Å². The zero-order valence-electron chi connectivity index (χ0n) is 9.17. The third kappa shape index (κ3) is 2.19. The lowest BCUT2D eigenvalue weighted by Crippen LogP contribution is -2.02. The molecular weight excluding hydrogens is 272 g/mol. The Hall–Kier alpha value is -1.59. The minimum absolute atomic E-state index is 0. The number of hydrogen-bond acceptors (Lipinski definition) is 4. The molecule has 0 saturated carbocycles. The first-order valence-electron chi connectivity index (χ1n) is 5.12. The van der Waals surface area contributed by atoms with E-state index in [1.54, 1.807) is 24.4 Å². The van der Waals surface area contributed by atoms with Crippen LogP contribution in [-0.2, 0) is 11.2 Å². The molecule has 1 aromatic carbocycles. The summed E-state index contributed by atoms with van der Waals surface area (Å²) in [7, 11) is 0. The van der Waals surface area contributed by atoms with Crippen LogP contribution in [0.15, 0.2) is 35.4 Å². The van der Waals surface area contributed by atoms with Gasteiger partial charge < -0.3 is 0 Å². The normalized spacial score (nSPS) is 13.0. The van der Waals surface area contributed by atoms with Crippen molar-refractivity contribution in [2.75, 3.05) is 0 Å². The minimum Gasteiger partial charge on any atom is -0.287 e. The molecule has 1 N–H and O–H groups in total. The molecule has 0 amide bonds. The quantitative estimate of drug-likeness (QED) is 0.857. The molecule has 6 heteroatoms. The highest BCUT2D eigenvalue weighted by atomic mass is 35.5. The van der Waals surface area contributed by atoms with Crippen molar-refractivity contribution in [1.29, 1.82) is 0 Å². The average Bonchev–Trinajstić information content (AvgIpc) is 2.94. The highest BCUT2D eigenvalue weighted by Gasteiger charge is 2.21. The number of aromatic amines is 1. The zero-order valence-corrected chi connectivity index (χ0v) is 10.8. The van der Waals surface area contributed by atoms with Gasteiger partial charge in [-0.05, 0) is 17.7 Å². The Labute approximate surface area is 114 Å². The summed E-state index contributed by atoms with van der Waals surface area (Å²) in [5, 5.41) is 6.52. The molecule has 1 aliphatic rings. The van der Waals surface area contributed by atoms with E-state index in [1.807, 2.05) is 6.07 Å². The van der Waals surface area contributed by atoms with E-state index in [0.29, 0.717) is 17.7 Å². The van der Waals surface area contributed by atoms with Crippen LogP contribution >= 0.6 is 24.2 Å². The fraction of sp³-hybridized carbons (Fsp3) is 0.0833. The maximum absolute atomic E-state index is 12.0. The first-order chi connectivity index (χ1) is 8.24. The molecule has 92 valence electrons. The molecule has 0 bridgehead atoms. The number of nitrogens with zero attached hydrogens (tertiary/aromatic N) is 1. The summed E-state index contributed by atoms with van der Waals surface area (Å²) in [6, 6.07) is 7.00. The van der Waals surface area contributed by atoms with Gasteiger partial charge in [-0.15, -0.1) is 12.4 Å². The third-order valence-electron chi connectivity index (χ3n) is 2.63. The molecule has 1 aromatic heterocycles. The summed E-state index contributed by atoms with van der Waals surface area (Å²) in [6.45, 7) is 0. The lowest BCUT2D eigenvalue weighted by atomic mass is 10.1. The van der Waals surface area contributed by atoms with Crippen molar-refractivity contribution in [3.05, 3.63) is 47.3 Å². The van der Waals surface area contributed by atoms with Crippen molar-refractivity contribution in [1.82, 2.24) is 10.2 Å². The van der Waals surface area contributed by atoms with Gasteiger partial charge in [0.2, 0.25) is 5.78 Å². The Morgan fingerprint density at radius 2 is 2.17 bits per heavy atom. The molecule has 0 unspecified atom stereocenters. The number of nitrogens with one attached hydrogen (secondary N) is 1. The Morgan fingerprint density at radius 3 is 2.89 bits per heavy atom. The van der Waals surface area contributed by atoms with Gasteiger partial charge in [0.25, 0.3) is 0 Å². The molecule has 2 aromatic rings. The van der Waals surface area contributed by atoms with Gasteiger partial charge in [-0.2, -0.15) is 5.10 Å². The largest absolute Gasteiger partial charge is 0.287 e. The predicted molar refractivity (Wildman–Crippen MR) is 70.3 cm³/mol. The van der Waals surface area contributed by atoms with Gasteiger partial charge >= 0.3 is 0 Å². The van der Waals surface area contributed by atoms with Gasteiger partial charge in [-0.25, -0.2) is 0 Å². The van der Waals surface area contributed by atoms with Crippen LogP contribution in [0.3, 0.4) is 0 Å². The molecule has 0 atom stereocenters. The Bertz CT molecular complexity index is 611. The second-order valence-corrected chi connectivity index (χ2v) is 4.87. The number of halogens is 1. The number of rotatable bonds is 2. The Balaban J connectivity index is 0.00000120. The summed E-state index contributed by atoms with van der Waals surface area (Å²) < 4.78 is 0. The molecule has 0 fully saturated rings. The fourth-order valence-corrected chi connectivity index (χ4v) is 2.72. The van der Waals surface area contributed by atoms with Crippen LogP contribution in [-0.4, -0.2) is 21.1 Å². The van der Waals surface area contributed by atoms with Crippen LogP contribution in [0.25, 0.3) is 0 Å². The lowest BCUT2D eigenvalue weighted by molar-refractivity contribution is -0.110. The standard InChI is InChI=1S/C12H8N2O2S.ClH/c15-11-6-7-1-2-8(5-10(7)17-11)12(16)9-3-4-13-14-9;/h1-5H,6H2,(H,13,14);1H. The molecule has 0 saturated heterocycles. The average molecular weight is 281 g/mol. The van der Waals surface area contributed by atoms with E-state index in [9.17, 15) is 9.59 Å². The molecule has 1 aliphatic heterocycles. The Kier molecular flexibility index (Phi) is 3.54. The number of carbonyl (C=O) groups is 2. The maximum atomic E-state index is 12.0. The van der Waals surface area contributed by atoms with Crippen molar-refractivity contribution in [3.63, 3.8) is 0 Å². The highest BCUT2D eigenvalue weighted by Crippen LogP contribution is 2.33. The van der Waals surface area contributed by atoms with Gasteiger partial charge in [-0.3, -0.25) is 14.7 Å². The van der Waals surface area contributed by atoms with E-state index in [0.717, 1.165) is 10.5 Å². The van der Waals surface area contributed by atoms with Crippen LogP contribution in [0.5, 0.6) is 0 Å². The number of H-pyrrole nitrogens is 1. The molecule has 18 heavy (non-hydrogen) atoms. The van der Waals surface area contributed by atoms with E-state index in [-0.39, 0.29) is 23.3 Å². The number of aromatic nitrogens is 2. The van der Waals surface area contributed by atoms with E-state index in [1.165, 1.54) is 11.8 Å². The van der Waals surface area contributed by atoms with Crippen molar-refractivity contribution in [3.8, 4) is 0 Å². The summed E-state index contributed by atoms with van der Waals surface area (Å²) in [5.41, 5.74) is 2.04. The minimum atomic E-state index is -0.106. The number of ketones is 1. The zero-order chi connectivity index (χ0) is 11.8. The van der Waals surface area contributed by atoms with Crippen molar-refractivity contribution < 1.29 is 9.59 Å². The van der Waals surface area contributed by atoms with Gasteiger partial charge in [0.15, 0.2) is 5.12 Å². The van der Waals surface area contributed by atoms with Gasteiger partial charge in [0.1, 0.15) is 5.69 Å². The van der Waals surface area contributed by atoms with Crippen LogP contribution in [0.1, 0.15) is 21.6 Å². The number of carbonyl (C=O) groups excluding carboxylic acids is 2. The molecule has 4 nitrogen and oxygen atoms in total. The van der Waals surface area contributed by atoms with Gasteiger partial charge in [-0.1, -0.05) is 23.9 Å². The van der Waals surface area contributed by atoms with Crippen LogP contribution < -0.4 is 0 Å². The molecule has 0 radical (unpaired) electrons. The predicted octanol–water partition coefficient (Wildman–Crippen LogP) is 2.24. The number of benzene rings is 1. The summed E-state index contributed by atoms with van der Waals surface area (Å²) in [6.07, 6.45) is 2.00. The molecular formula is C12H9ClN2O2S. The van der Waals surface area contributed by atoms with Crippen LogP contribution in [0.4, 0.5) is 0 Å². The third-order valence-corrected chi connectivity index (χ3v) is 3.61. The van der Waals surface area contributed by atoms with Gasteiger partial charge in [0.05, 0.1) is 0 Å². The van der Waals surface area contributed by atoms with E-state index >= 15 is 0 Å². The van der Waals surface area contributed by atoms with Gasteiger partial charge in [0, 0.05) is 23.1 Å². The first-order valence-corrected chi connectivity index (χ1v) is 5.93. The molecule has 0 spiro atoms. The highest BCUT2D eigenvalue weighted by molar-refractivity contribution is 8.14. The molecule has 2 heterocycles. The van der Waals surface area contributed by atoms with Crippen LogP contribution in [0.2, 0.25) is 0 Å². The Morgan fingerprint density at radius 1 is 1.33 bits per heavy atom. The summed E-state index contributed by atoms with van der Waals surface area (Å²) in [5.74, 6) is -0.106. The molecule has 3 rings (SSSR count). The van der Waals surface area contributed by atoms with Crippen molar-refractivity contribution >= 4 is 35.1 Å². The van der Waals surface area contributed by atoms with E-state index in [2.05, 4.69) is 10.2 Å². The van der Waals surface area contributed by atoms with Crippen molar-refractivity contribution in [2.45, 2.75) is 11.3 Å².